The Morgan fingerprint density at radius 3 is 2.92 bits per heavy atom. The summed E-state index contributed by atoms with van der Waals surface area (Å²) in [5.74, 6) is 0.718. The maximum atomic E-state index is 14.1. The number of amides is 1. The first-order valence-electron chi connectivity index (χ1n) is 8.36. The van der Waals surface area contributed by atoms with Gasteiger partial charge in [-0.05, 0) is 25.7 Å². The quantitative estimate of drug-likeness (QED) is 0.837. The summed E-state index contributed by atoms with van der Waals surface area (Å²) in [5.41, 5.74) is 5.16. The molecule has 0 saturated carbocycles. The third-order valence-electron chi connectivity index (χ3n) is 4.52. The molecule has 2 aromatic rings. The standard InChI is InChI=1S/C16H22FN5O2S/c1-9-3-4-11(5-14-19-10(2)24-21-14)7-22(9)8-12-16(17)20-15(25-12)6-13(18)23/h9,11H,3-8H2,1-2H3,(H2,18,23)/t9-,11?/m0/s1. The van der Waals surface area contributed by atoms with Crippen LogP contribution < -0.4 is 5.73 Å². The highest BCUT2D eigenvalue weighted by molar-refractivity contribution is 7.11. The van der Waals surface area contributed by atoms with Gasteiger partial charge in [0.2, 0.25) is 17.7 Å². The first-order valence-corrected chi connectivity index (χ1v) is 9.18. The minimum Gasteiger partial charge on any atom is -0.369 e. The fourth-order valence-corrected chi connectivity index (χ4v) is 4.20. The van der Waals surface area contributed by atoms with E-state index in [2.05, 4.69) is 26.9 Å². The highest BCUT2D eigenvalue weighted by Crippen LogP contribution is 2.28. The zero-order valence-corrected chi connectivity index (χ0v) is 15.2. The number of nitrogens with zero attached hydrogens (tertiary/aromatic N) is 4. The molecular formula is C16H22FN5O2S. The number of aryl methyl sites for hydroxylation is 1. The average molecular weight is 367 g/mol. The number of thiazole rings is 1. The monoisotopic (exact) mass is 367 g/mol. The molecular weight excluding hydrogens is 345 g/mol. The number of rotatable bonds is 6. The van der Waals surface area contributed by atoms with E-state index in [1.165, 1.54) is 11.3 Å². The number of hydrogen-bond acceptors (Lipinski definition) is 7. The second-order valence-electron chi connectivity index (χ2n) is 6.62. The van der Waals surface area contributed by atoms with Crippen molar-refractivity contribution >= 4 is 17.2 Å². The zero-order chi connectivity index (χ0) is 18.0. The van der Waals surface area contributed by atoms with E-state index in [1.807, 2.05) is 0 Å². The number of nitrogens with two attached hydrogens (primary N) is 1. The molecule has 0 bridgehead atoms. The van der Waals surface area contributed by atoms with E-state index >= 15 is 0 Å². The zero-order valence-electron chi connectivity index (χ0n) is 14.4. The molecule has 9 heteroatoms. The summed E-state index contributed by atoms with van der Waals surface area (Å²) in [6.45, 7) is 5.27. The highest BCUT2D eigenvalue weighted by atomic mass is 32.1. The van der Waals surface area contributed by atoms with Gasteiger partial charge in [0.05, 0.1) is 11.3 Å². The van der Waals surface area contributed by atoms with Crippen LogP contribution in [0.2, 0.25) is 0 Å². The van der Waals surface area contributed by atoms with Crippen LogP contribution in [0.25, 0.3) is 0 Å². The number of piperidine rings is 1. The second-order valence-corrected chi connectivity index (χ2v) is 7.79. The predicted octanol–water partition coefficient (Wildman–Crippen LogP) is 1.84. The molecule has 2 atom stereocenters. The SMILES string of the molecule is Cc1nc(CC2CC[C@H](C)N(Cc3sc(CC(N)=O)nc3F)C2)no1. The fourth-order valence-electron chi connectivity index (χ4n) is 3.22. The Morgan fingerprint density at radius 2 is 2.24 bits per heavy atom. The van der Waals surface area contributed by atoms with Crippen LogP contribution in [0, 0.1) is 18.8 Å². The van der Waals surface area contributed by atoms with Crippen molar-refractivity contribution in [3.8, 4) is 0 Å². The minimum atomic E-state index is -0.498. The lowest BCUT2D eigenvalue weighted by Crippen LogP contribution is -2.41. The molecule has 0 radical (unpaired) electrons. The average Bonchev–Trinajstić information content (AvgIpc) is 3.08. The number of hydrogen-bond donors (Lipinski definition) is 1. The lowest BCUT2D eigenvalue weighted by molar-refractivity contribution is -0.117. The maximum Gasteiger partial charge on any atom is 0.228 e. The van der Waals surface area contributed by atoms with Gasteiger partial charge in [0.1, 0.15) is 5.01 Å². The Morgan fingerprint density at radius 1 is 1.44 bits per heavy atom. The number of aromatic nitrogens is 3. The topological polar surface area (TPSA) is 98.1 Å². The molecule has 136 valence electrons. The highest BCUT2D eigenvalue weighted by Gasteiger charge is 2.28. The molecule has 3 rings (SSSR count). The molecule has 3 heterocycles. The van der Waals surface area contributed by atoms with E-state index in [0.29, 0.717) is 34.3 Å². The first kappa shape index (κ1) is 17.9. The summed E-state index contributed by atoms with van der Waals surface area (Å²) >= 11 is 1.22. The van der Waals surface area contributed by atoms with Crippen molar-refractivity contribution in [1.29, 1.82) is 0 Å². The van der Waals surface area contributed by atoms with E-state index in [9.17, 15) is 9.18 Å². The molecule has 1 aliphatic heterocycles. The number of likely N-dealkylation sites (tertiary alicyclic amines) is 1. The normalized spacial score (nSPS) is 21.6. The van der Waals surface area contributed by atoms with Crippen molar-refractivity contribution in [1.82, 2.24) is 20.0 Å². The molecule has 7 nitrogen and oxygen atoms in total. The van der Waals surface area contributed by atoms with Crippen LogP contribution in [0.4, 0.5) is 4.39 Å². The number of primary amides is 1. The maximum absolute atomic E-state index is 14.1. The molecule has 2 aromatic heterocycles. The molecule has 1 aliphatic rings. The Kier molecular flexibility index (Phi) is 5.43. The fraction of sp³-hybridized carbons (Fsp3) is 0.625. The predicted molar refractivity (Wildman–Crippen MR) is 90.3 cm³/mol. The summed E-state index contributed by atoms with van der Waals surface area (Å²) in [4.78, 5) is 21.9. The number of halogens is 1. The molecule has 0 aliphatic carbocycles. The summed E-state index contributed by atoms with van der Waals surface area (Å²) in [6.07, 6.45) is 2.87. The van der Waals surface area contributed by atoms with Crippen LogP contribution in [-0.4, -0.2) is 38.5 Å². The number of carbonyl (C=O) groups excluding carboxylic acids is 1. The van der Waals surface area contributed by atoms with E-state index < -0.39 is 11.9 Å². The molecule has 0 spiro atoms. The van der Waals surface area contributed by atoms with E-state index in [0.717, 1.165) is 31.6 Å². The van der Waals surface area contributed by atoms with Gasteiger partial charge in [-0.2, -0.15) is 9.37 Å². The molecule has 2 N–H and O–H groups in total. The Labute approximate surface area is 149 Å². The molecule has 1 fully saturated rings. The van der Waals surface area contributed by atoms with Crippen LogP contribution >= 0.6 is 11.3 Å². The summed E-state index contributed by atoms with van der Waals surface area (Å²) in [6, 6.07) is 0.365. The van der Waals surface area contributed by atoms with Crippen molar-refractivity contribution in [3.63, 3.8) is 0 Å². The van der Waals surface area contributed by atoms with Gasteiger partial charge >= 0.3 is 0 Å². The first-order chi connectivity index (χ1) is 11.9. The molecule has 1 amide bonds. The van der Waals surface area contributed by atoms with Crippen LogP contribution in [0.15, 0.2) is 4.52 Å². The van der Waals surface area contributed by atoms with Crippen molar-refractivity contribution in [2.24, 2.45) is 11.7 Å². The largest absolute Gasteiger partial charge is 0.369 e. The Hall–Kier alpha value is -1.87. The van der Waals surface area contributed by atoms with E-state index in [4.69, 9.17) is 10.3 Å². The van der Waals surface area contributed by atoms with E-state index in [1.54, 1.807) is 6.92 Å². The molecule has 1 unspecified atom stereocenters. The summed E-state index contributed by atoms with van der Waals surface area (Å²) in [7, 11) is 0. The van der Waals surface area contributed by atoms with Gasteiger partial charge in [0, 0.05) is 32.5 Å². The minimum absolute atomic E-state index is 0.0169. The molecule has 1 saturated heterocycles. The van der Waals surface area contributed by atoms with Crippen molar-refractivity contribution in [2.75, 3.05) is 6.54 Å². The number of carbonyl (C=O) groups is 1. The lowest BCUT2D eigenvalue weighted by Gasteiger charge is -2.37. The van der Waals surface area contributed by atoms with Gasteiger partial charge in [-0.15, -0.1) is 11.3 Å². The Balaban J connectivity index is 1.64. The lowest BCUT2D eigenvalue weighted by atomic mass is 9.90. The van der Waals surface area contributed by atoms with Crippen molar-refractivity contribution in [3.05, 3.63) is 27.5 Å². The van der Waals surface area contributed by atoms with Crippen LogP contribution in [-0.2, 0) is 24.2 Å². The third-order valence-corrected chi connectivity index (χ3v) is 5.53. The van der Waals surface area contributed by atoms with Crippen molar-refractivity contribution < 1.29 is 13.7 Å². The van der Waals surface area contributed by atoms with Crippen LogP contribution in [0.1, 0.15) is 41.4 Å². The van der Waals surface area contributed by atoms with Gasteiger partial charge in [0.25, 0.3) is 0 Å². The summed E-state index contributed by atoms with van der Waals surface area (Å²) in [5, 5.41) is 4.40. The van der Waals surface area contributed by atoms with Crippen LogP contribution in [0.5, 0.6) is 0 Å². The van der Waals surface area contributed by atoms with Gasteiger partial charge in [-0.1, -0.05) is 5.16 Å². The van der Waals surface area contributed by atoms with Crippen molar-refractivity contribution in [2.45, 2.75) is 52.1 Å². The third kappa shape index (κ3) is 4.60. The molecule has 0 aromatic carbocycles. The van der Waals surface area contributed by atoms with Gasteiger partial charge < -0.3 is 10.3 Å². The van der Waals surface area contributed by atoms with E-state index in [-0.39, 0.29) is 6.42 Å². The second kappa shape index (κ2) is 7.57. The van der Waals surface area contributed by atoms with Gasteiger partial charge in [-0.25, -0.2) is 4.98 Å². The van der Waals surface area contributed by atoms with Gasteiger partial charge in [-0.3, -0.25) is 9.69 Å². The summed E-state index contributed by atoms with van der Waals surface area (Å²) < 4.78 is 19.1. The Bertz CT molecular complexity index is 747. The molecule has 25 heavy (non-hydrogen) atoms. The smallest absolute Gasteiger partial charge is 0.228 e. The van der Waals surface area contributed by atoms with Gasteiger partial charge in [0.15, 0.2) is 5.82 Å². The van der Waals surface area contributed by atoms with Crippen LogP contribution in [0.3, 0.4) is 0 Å².